The van der Waals surface area contributed by atoms with Gasteiger partial charge in [-0.1, -0.05) is 11.8 Å². The van der Waals surface area contributed by atoms with Crippen molar-refractivity contribution in [1.29, 1.82) is 0 Å². The summed E-state index contributed by atoms with van der Waals surface area (Å²) < 4.78 is 9.67. The number of methoxy groups -OCH3 is 2. The molecule has 7 nitrogen and oxygen atoms in total. The quantitative estimate of drug-likeness (QED) is 0.763. The second-order valence-corrected chi connectivity index (χ2v) is 5.67. The molecule has 0 saturated carbocycles. The maximum atomic E-state index is 11.2. The number of amides is 1. The number of aromatic amines is 1. The molecule has 1 amide bonds. The molecule has 23 heavy (non-hydrogen) atoms. The van der Waals surface area contributed by atoms with Gasteiger partial charge in [-0.2, -0.15) is 0 Å². The standard InChI is InChI=1S/C15H14N4O3S/c1-21-9-3-5-10(6-4-9)23-11-7-12-13(16-8-11)18-14(17-12)19-15(20)22-2/h3-8H,1-2H3,(H2,16,17,18,19,20). The summed E-state index contributed by atoms with van der Waals surface area (Å²) in [5.74, 6) is 1.11. The molecule has 0 radical (unpaired) electrons. The lowest BCUT2D eigenvalue weighted by atomic mass is 10.3. The van der Waals surface area contributed by atoms with Crippen LogP contribution in [0.2, 0.25) is 0 Å². The number of benzene rings is 1. The summed E-state index contributed by atoms with van der Waals surface area (Å²) in [5.41, 5.74) is 1.25. The van der Waals surface area contributed by atoms with E-state index in [9.17, 15) is 4.79 Å². The Labute approximate surface area is 136 Å². The average molecular weight is 330 g/mol. The minimum Gasteiger partial charge on any atom is -0.497 e. The van der Waals surface area contributed by atoms with Crippen LogP contribution in [-0.4, -0.2) is 35.3 Å². The number of imidazole rings is 1. The van der Waals surface area contributed by atoms with Crippen molar-refractivity contribution in [3.63, 3.8) is 0 Å². The Morgan fingerprint density at radius 1 is 1.22 bits per heavy atom. The van der Waals surface area contributed by atoms with Gasteiger partial charge in [0.15, 0.2) is 5.65 Å². The molecular weight excluding hydrogens is 316 g/mol. The second kappa shape index (κ2) is 6.57. The van der Waals surface area contributed by atoms with E-state index in [1.165, 1.54) is 7.11 Å². The van der Waals surface area contributed by atoms with Gasteiger partial charge in [0.05, 0.1) is 14.2 Å². The van der Waals surface area contributed by atoms with Crippen molar-refractivity contribution in [3.8, 4) is 5.75 Å². The zero-order chi connectivity index (χ0) is 16.2. The van der Waals surface area contributed by atoms with Crippen molar-refractivity contribution in [1.82, 2.24) is 15.0 Å². The van der Waals surface area contributed by atoms with E-state index in [0.717, 1.165) is 15.5 Å². The first-order valence-corrected chi connectivity index (χ1v) is 7.52. The Hall–Kier alpha value is -2.74. The van der Waals surface area contributed by atoms with Gasteiger partial charge in [0.25, 0.3) is 0 Å². The van der Waals surface area contributed by atoms with Crippen LogP contribution in [0.5, 0.6) is 5.75 Å². The number of nitrogens with one attached hydrogen (secondary N) is 2. The Bertz CT molecular complexity index is 832. The second-order valence-electron chi connectivity index (χ2n) is 4.52. The van der Waals surface area contributed by atoms with Crippen LogP contribution in [0.1, 0.15) is 0 Å². The first-order chi connectivity index (χ1) is 11.2. The van der Waals surface area contributed by atoms with Crippen LogP contribution in [0.4, 0.5) is 10.7 Å². The molecule has 1 aromatic carbocycles. The number of fused-ring (bicyclic) bond motifs is 1. The molecule has 0 atom stereocenters. The van der Waals surface area contributed by atoms with Crippen molar-refractivity contribution in [2.45, 2.75) is 9.79 Å². The molecular formula is C15H14N4O3S. The van der Waals surface area contributed by atoms with Gasteiger partial charge in [0, 0.05) is 16.0 Å². The summed E-state index contributed by atoms with van der Waals surface area (Å²) in [6.45, 7) is 0. The molecule has 0 saturated heterocycles. The van der Waals surface area contributed by atoms with Crippen LogP contribution in [0.15, 0.2) is 46.3 Å². The minimum absolute atomic E-state index is 0.297. The van der Waals surface area contributed by atoms with E-state index in [2.05, 4.69) is 25.0 Å². The number of H-pyrrole nitrogens is 1. The number of carbonyl (C=O) groups excluding carboxylic acids is 1. The third kappa shape index (κ3) is 3.54. The fourth-order valence-electron chi connectivity index (χ4n) is 1.92. The molecule has 8 heteroatoms. The first-order valence-electron chi connectivity index (χ1n) is 6.70. The van der Waals surface area contributed by atoms with Crippen LogP contribution in [0, 0.1) is 0 Å². The van der Waals surface area contributed by atoms with Gasteiger partial charge >= 0.3 is 6.09 Å². The molecule has 0 aliphatic rings. The summed E-state index contributed by atoms with van der Waals surface area (Å²) in [6.07, 6.45) is 1.16. The lowest BCUT2D eigenvalue weighted by Crippen LogP contribution is -2.11. The van der Waals surface area contributed by atoms with E-state index in [-0.39, 0.29) is 0 Å². The SMILES string of the molecule is COC(=O)Nc1nc2cc(Sc3ccc(OC)cc3)cnc2[nH]1. The Morgan fingerprint density at radius 3 is 2.70 bits per heavy atom. The number of hydrogen-bond donors (Lipinski definition) is 2. The van der Waals surface area contributed by atoms with Crippen molar-refractivity contribution < 1.29 is 14.3 Å². The van der Waals surface area contributed by atoms with Crippen LogP contribution in [0.3, 0.4) is 0 Å². The summed E-state index contributed by atoms with van der Waals surface area (Å²) >= 11 is 1.57. The summed E-state index contributed by atoms with van der Waals surface area (Å²) in [6, 6.07) is 9.66. The molecule has 0 fully saturated rings. The van der Waals surface area contributed by atoms with Gasteiger partial charge in [-0.15, -0.1) is 0 Å². The topological polar surface area (TPSA) is 89.1 Å². The maximum Gasteiger partial charge on any atom is 0.413 e. The third-order valence-electron chi connectivity index (χ3n) is 3.01. The number of rotatable bonds is 4. The molecule has 0 unspecified atom stereocenters. The van der Waals surface area contributed by atoms with Crippen molar-refractivity contribution in [2.24, 2.45) is 0 Å². The molecule has 2 N–H and O–H groups in total. The highest BCUT2D eigenvalue weighted by Gasteiger charge is 2.08. The first kappa shape index (κ1) is 15.2. The molecule has 2 aromatic heterocycles. The molecule has 0 spiro atoms. The highest BCUT2D eigenvalue weighted by atomic mass is 32.2. The number of aromatic nitrogens is 3. The maximum absolute atomic E-state index is 11.2. The molecule has 2 heterocycles. The zero-order valence-corrected chi connectivity index (χ0v) is 13.3. The van der Waals surface area contributed by atoms with E-state index in [0.29, 0.717) is 17.1 Å². The average Bonchev–Trinajstić information content (AvgIpc) is 2.96. The summed E-state index contributed by atoms with van der Waals surface area (Å²) in [7, 11) is 2.93. The van der Waals surface area contributed by atoms with Gasteiger partial charge < -0.3 is 14.5 Å². The Morgan fingerprint density at radius 2 is 2.00 bits per heavy atom. The van der Waals surface area contributed by atoms with Crippen LogP contribution in [-0.2, 0) is 4.74 Å². The van der Waals surface area contributed by atoms with Crippen LogP contribution in [0.25, 0.3) is 11.2 Å². The monoisotopic (exact) mass is 330 g/mol. The smallest absolute Gasteiger partial charge is 0.413 e. The van der Waals surface area contributed by atoms with Gasteiger partial charge in [0.1, 0.15) is 11.3 Å². The van der Waals surface area contributed by atoms with E-state index in [1.807, 2.05) is 30.3 Å². The van der Waals surface area contributed by atoms with Crippen molar-refractivity contribution >= 4 is 35.0 Å². The van der Waals surface area contributed by atoms with E-state index < -0.39 is 6.09 Å². The zero-order valence-electron chi connectivity index (χ0n) is 12.5. The fourth-order valence-corrected chi connectivity index (χ4v) is 2.74. The van der Waals surface area contributed by atoms with Crippen molar-refractivity contribution in [3.05, 3.63) is 36.5 Å². The molecule has 0 bridgehead atoms. The lowest BCUT2D eigenvalue weighted by Gasteiger charge is -2.03. The molecule has 0 aliphatic carbocycles. The van der Waals surface area contributed by atoms with E-state index >= 15 is 0 Å². The third-order valence-corrected chi connectivity index (χ3v) is 3.98. The van der Waals surface area contributed by atoms with Gasteiger partial charge in [-0.25, -0.2) is 14.8 Å². The number of ether oxygens (including phenoxy) is 2. The lowest BCUT2D eigenvalue weighted by molar-refractivity contribution is 0.186. The highest BCUT2D eigenvalue weighted by Crippen LogP contribution is 2.30. The van der Waals surface area contributed by atoms with Crippen LogP contribution >= 0.6 is 11.8 Å². The summed E-state index contributed by atoms with van der Waals surface area (Å²) in [5, 5.41) is 2.47. The number of anilines is 1. The van der Waals surface area contributed by atoms with Crippen molar-refractivity contribution in [2.75, 3.05) is 19.5 Å². The van der Waals surface area contributed by atoms with Gasteiger partial charge in [-0.3, -0.25) is 5.32 Å². The number of nitrogens with zero attached hydrogens (tertiary/aromatic N) is 2. The Balaban J connectivity index is 1.80. The largest absolute Gasteiger partial charge is 0.497 e. The number of carbonyl (C=O) groups is 1. The predicted molar refractivity (Wildman–Crippen MR) is 87.0 cm³/mol. The predicted octanol–water partition coefficient (Wildman–Crippen LogP) is 3.30. The van der Waals surface area contributed by atoms with Gasteiger partial charge in [0.2, 0.25) is 5.95 Å². The number of hydrogen-bond acceptors (Lipinski definition) is 6. The molecule has 3 aromatic rings. The normalized spacial score (nSPS) is 10.5. The van der Waals surface area contributed by atoms with Crippen LogP contribution < -0.4 is 10.1 Å². The Kier molecular flexibility index (Phi) is 4.33. The highest BCUT2D eigenvalue weighted by molar-refractivity contribution is 7.99. The van der Waals surface area contributed by atoms with Gasteiger partial charge in [-0.05, 0) is 30.3 Å². The fraction of sp³-hybridized carbons (Fsp3) is 0.133. The van der Waals surface area contributed by atoms with E-state index in [1.54, 1.807) is 25.1 Å². The number of pyridine rings is 1. The molecule has 3 rings (SSSR count). The minimum atomic E-state index is -0.586. The molecule has 118 valence electrons. The summed E-state index contributed by atoms with van der Waals surface area (Å²) in [4.78, 5) is 24.7. The van der Waals surface area contributed by atoms with E-state index in [4.69, 9.17) is 4.74 Å². The molecule has 0 aliphatic heterocycles.